The zero-order valence-corrected chi connectivity index (χ0v) is 23.0. The number of hydrogen-bond acceptors (Lipinski definition) is 9. The molecule has 12 heteroatoms. The zero-order valence-electron chi connectivity index (χ0n) is 21.4. The smallest absolute Gasteiger partial charge is 0.253 e. The molecule has 2 aliphatic rings. The van der Waals surface area contributed by atoms with Crippen LogP contribution in [0.2, 0.25) is 5.02 Å². The molecule has 2 saturated heterocycles. The highest BCUT2D eigenvalue weighted by Gasteiger charge is 2.35. The molecule has 204 valence electrons. The van der Waals surface area contributed by atoms with Gasteiger partial charge in [0.25, 0.3) is 10.9 Å². The van der Waals surface area contributed by atoms with E-state index in [1.54, 1.807) is 0 Å². The van der Waals surface area contributed by atoms with Crippen LogP contribution in [0.4, 0.5) is 17.1 Å². The van der Waals surface area contributed by atoms with Crippen molar-refractivity contribution in [1.29, 1.82) is 0 Å². The van der Waals surface area contributed by atoms with E-state index < -0.39 is 31.5 Å². The standard InChI is InChI=1S/C25H35ClN4O6S/c1-4-10-29-11-13-30(14-12-29)37(34,35)25-16(26)7-8-18(22(25)31)28-21-20(23(32)24(21)33)27-17(5-2)19-9-6-15(3)36-19/h7-8,15,17,19,27-28,31H,4-6,9-14H2,1-3H3/t15-,17?,19-/m1/s1. The van der Waals surface area contributed by atoms with E-state index in [0.717, 1.165) is 25.8 Å². The molecule has 3 atom stereocenters. The quantitative estimate of drug-likeness (QED) is 0.300. The predicted molar refractivity (Wildman–Crippen MR) is 145 cm³/mol. The summed E-state index contributed by atoms with van der Waals surface area (Å²) in [4.78, 5) is 26.6. The highest BCUT2D eigenvalue weighted by Crippen LogP contribution is 2.40. The van der Waals surface area contributed by atoms with Crippen LogP contribution in [0.15, 0.2) is 26.6 Å². The molecule has 37 heavy (non-hydrogen) atoms. The molecule has 1 unspecified atom stereocenters. The topological polar surface area (TPSA) is 128 Å². The molecule has 0 spiro atoms. The zero-order chi connectivity index (χ0) is 26.9. The fourth-order valence-electron chi connectivity index (χ4n) is 5.09. The van der Waals surface area contributed by atoms with Crippen molar-refractivity contribution in [3.8, 4) is 5.75 Å². The van der Waals surface area contributed by atoms with Gasteiger partial charge in [-0.2, -0.15) is 4.31 Å². The van der Waals surface area contributed by atoms with E-state index in [2.05, 4.69) is 22.5 Å². The molecule has 10 nitrogen and oxygen atoms in total. The third-order valence-electron chi connectivity index (χ3n) is 7.21. The molecular formula is C25H35ClN4O6S. The molecule has 2 heterocycles. The van der Waals surface area contributed by atoms with Crippen molar-refractivity contribution >= 4 is 38.7 Å². The lowest BCUT2D eigenvalue weighted by Crippen LogP contribution is -2.48. The van der Waals surface area contributed by atoms with Gasteiger partial charge >= 0.3 is 0 Å². The summed E-state index contributed by atoms with van der Waals surface area (Å²) in [6.45, 7) is 8.66. The van der Waals surface area contributed by atoms with E-state index in [1.165, 1.54) is 16.4 Å². The fraction of sp³-hybridized carbons (Fsp3) is 0.600. The van der Waals surface area contributed by atoms with E-state index in [1.807, 2.05) is 13.8 Å². The predicted octanol–water partition coefficient (Wildman–Crippen LogP) is 2.86. The van der Waals surface area contributed by atoms with Crippen LogP contribution in [0.5, 0.6) is 5.75 Å². The van der Waals surface area contributed by atoms with Gasteiger partial charge in [-0.05, 0) is 51.3 Å². The maximum atomic E-state index is 13.4. The van der Waals surface area contributed by atoms with Gasteiger partial charge in [0.05, 0.1) is 29.0 Å². The summed E-state index contributed by atoms with van der Waals surface area (Å²) in [6.07, 6.45) is 3.46. The third-order valence-corrected chi connectivity index (χ3v) is 9.61. The average Bonchev–Trinajstić information content (AvgIpc) is 3.31. The molecule has 2 aromatic carbocycles. The Balaban J connectivity index is 1.57. The SMILES string of the molecule is CCCN1CCN(S(=O)(=O)c2c(Cl)ccc(Nc3c(NC(CC)[C@H]4CC[C@@H](C)O4)c(=O)c3=O)c2O)CC1. The van der Waals surface area contributed by atoms with Crippen LogP contribution in [0.1, 0.15) is 46.5 Å². The number of phenolic OH excluding ortho intramolecular Hbond substituents is 1. The van der Waals surface area contributed by atoms with Crippen molar-refractivity contribution in [1.82, 2.24) is 9.21 Å². The van der Waals surface area contributed by atoms with Crippen LogP contribution >= 0.6 is 11.6 Å². The Hall–Kier alpha value is -2.18. The van der Waals surface area contributed by atoms with Gasteiger partial charge in [0.1, 0.15) is 16.3 Å². The molecular weight excluding hydrogens is 520 g/mol. The second kappa shape index (κ2) is 11.3. The maximum Gasteiger partial charge on any atom is 0.253 e. The van der Waals surface area contributed by atoms with Crippen LogP contribution in [0.25, 0.3) is 0 Å². The fourth-order valence-corrected chi connectivity index (χ4v) is 7.10. The van der Waals surface area contributed by atoms with E-state index >= 15 is 0 Å². The summed E-state index contributed by atoms with van der Waals surface area (Å²) in [5.74, 6) is -0.595. The summed E-state index contributed by atoms with van der Waals surface area (Å²) >= 11 is 6.26. The summed E-state index contributed by atoms with van der Waals surface area (Å²) in [6, 6.07) is 2.57. The molecule has 2 aliphatic heterocycles. The van der Waals surface area contributed by atoms with Crippen LogP contribution in [0.3, 0.4) is 0 Å². The number of nitrogens with zero attached hydrogens (tertiary/aromatic N) is 2. The van der Waals surface area contributed by atoms with Gasteiger partial charge in [0.2, 0.25) is 10.0 Å². The van der Waals surface area contributed by atoms with Crippen LogP contribution in [0, 0.1) is 0 Å². The molecule has 0 amide bonds. The van der Waals surface area contributed by atoms with Crippen molar-refractivity contribution in [2.24, 2.45) is 0 Å². The first-order valence-corrected chi connectivity index (χ1v) is 14.7. The minimum absolute atomic E-state index is 0.0244. The Bertz CT molecular complexity index is 1300. The largest absolute Gasteiger partial charge is 0.504 e. The Morgan fingerprint density at radius 3 is 2.38 bits per heavy atom. The second-order valence-electron chi connectivity index (χ2n) is 9.77. The number of aromatic hydroxyl groups is 1. The van der Waals surface area contributed by atoms with Gasteiger partial charge < -0.3 is 25.4 Å². The number of piperazine rings is 1. The average molecular weight is 555 g/mol. The molecule has 0 saturated carbocycles. The first kappa shape index (κ1) is 27.8. The molecule has 0 bridgehead atoms. The second-order valence-corrected chi connectivity index (χ2v) is 12.1. The van der Waals surface area contributed by atoms with E-state index in [-0.39, 0.29) is 53.4 Å². The molecule has 3 N–H and O–H groups in total. The number of ether oxygens (including phenoxy) is 1. The van der Waals surface area contributed by atoms with Gasteiger partial charge in [0.15, 0.2) is 5.75 Å². The molecule has 0 aromatic heterocycles. The number of sulfonamides is 1. The van der Waals surface area contributed by atoms with Crippen LogP contribution < -0.4 is 21.5 Å². The number of hydrogen-bond donors (Lipinski definition) is 3. The normalized spacial score (nSPS) is 22.4. The molecule has 0 aliphatic carbocycles. The Labute approximate surface area is 222 Å². The Morgan fingerprint density at radius 2 is 1.78 bits per heavy atom. The molecule has 2 fully saturated rings. The lowest BCUT2D eigenvalue weighted by molar-refractivity contribution is 0.0438. The molecule has 4 rings (SSSR count). The summed E-state index contributed by atoms with van der Waals surface area (Å²) < 4.78 is 34.1. The van der Waals surface area contributed by atoms with Crippen molar-refractivity contribution in [2.45, 2.75) is 69.6 Å². The Morgan fingerprint density at radius 1 is 1.11 bits per heavy atom. The van der Waals surface area contributed by atoms with Crippen molar-refractivity contribution in [3.05, 3.63) is 37.6 Å². The number of rotatable bonds is 10. The first-order chi connectivity index (χ1) is 17.6. The number of nitrogens with one attached hydrogen (secondary N) is 2. The van der Waals surface area contributed by atoms with E-state index in [0.29, 0.717) is 19.5 Å². The summed E-state index contributed by atoms with van der Waals surface area (Å²) in [7, 11) is -4.10. The van der Waals surface area contributed by atoms with Gasteiger partial charge in [-0.3, -0.25) is 9.59 Å². The van der Waals surface area contributed by atoms with Crippen LogP contribution in [-0.2, 0) is 14.8 Å². The summed E-state index contributed by atoms with van der Waals surface area (Å²) in [5, 5.41) is 16.8. The minimum Gasteiger partial charge on any atom is -0.504 e. The lowest BCUT2D eigenvalue weighted by atomic mass is 10.0. The number of phenols is 1. The van der Waals surface area contributed by atoms with E-state index in [9.17, 15) is 23.1 Å². The Kier molecular flexibility index (Phi) is 8.49. The highest BCUT2D eigenvalue weighted by molar-refractivity contribution is 7.89. The number of halogens is 1. The van der Waals surface area contributed by atoms with Gasteiger partial charge in [-0.15, -0.1) is 0 Å². The van der Waals surface area contributed by atoms with Crippen molar-refractivity contribution in [2.75, 3.05) is 43.4 Å². The van der Waals surface area contributed by atoms with Crippen molar-refractivity contribution in [3.63, 3.8) is 0 Å². The number of benzene rings is 1. The van der Waals surface area contributed by atoms with E-state index in [4.69, 9.17) is 16.3 Å². The highest BCUT2D eigenvalue weighted by atomic mass is 35.5. The van der Waals surface area contributed by atoms with Gasteiger partial charge in [-0.25, -0.2) is 8.42 Å². The number of anilines is 3. The van der Waals surface area contributed by atoms with Gasteiger partial charge in [-0.1, -0.05) is 25.4 Å². The molecule has 2 aromatic rings. The summed E-state index contributed by atoms with van der Waals surface area (Å²) in [5.41, 5.74) is -1.36. The lowest BCUT2D eigenvalue weighted by Gasteiger charge is -2.34. The minimum atomic E-state index is -4.10. The monoisotopic (exact) mass is 554 g/mol. The third kappa shape index (κ3) is 5.51. The van der Waals surface area contributed by atoms with Crippen LogP contribution in [-0.4, -0.2) is 73.7 Å². The maximum absolute atomic E-state index is 13.4. The van der Waals surface area contributed by atoms with Crippen molar-refractivity contribution < 1.29 is 18.3 Å². The first-order valence-electron chi connectivity index (χ1n) is 12.8. The van der Waals surface area contributed by atoms with Gasteiger partial charge in [0, 0.05) is 26.2 Å². The molecule has 0 radical (unpaired) electrons.